The van der Waals surface area contributed by atoms with Crippen molar-refractivity contribution in [3.63, 3.8) is 0 Å². The third-order valence-corrected chi connectivity index (χ3v) is 10.5. The van der Waals surface area contributed by atoms with Crippen LogP contribution in [0.1, 0.15) is 110 Å². The smallest absolute Gasteiger partial charge is 0.146 e. The van der Waals surface area contributed by atoms with E-state index in [1.54, 1.807) is 89.7 Å². The molecule has 4 fully saturated rings. The van der Waals surface area contributed by atoms with Crippen molar-refractivity contribution < 1.29 is 16.9 Å². The second-order valence-electron chi connectivity index (χ2n) is 12.5. The molecule has 4 heterocycles. The summed E-state index contributed by atoms with van der Waals surface area (Å²) in [5, 5.41) is 0. The lowest BCUT2D eigenvalue weighted by atomic mass is 9.26. The lowest BCUT2D eigenvalue weighted by Gasteiger charge is -2.42. The monoisotopic (exact) mass is 447 g/mol. The van der Waals surface area contributed by atoms with Gasteiger partial charge in [-0.2, -0.15) is 0 Å². The summed E-state index contributed by atoms with van der Waals surface area (Å²) in [4.78, 5) is 0. The molecule has 0 saturated carbocycles. The highest BCUT2D eigenvalue weighted by Crippen LogP contribution is 2.49. The Morgan fingerprint density at radius 3 is 1.23 bits per heavy atom. The zero-order valence-electron chi connectivity index (χ0n) is 21.1. The largest absolute Gasteiger partial charge is 1.00 e. The molecule has 0 unspecified atom stereocenters. The highest BCUT2D eigenvalue weighted by molar-refractivity contribution is 6.63. The lowest BCUT2D eigenvalue weighted by Crippen LogP contribution is -3.00. The van der Waals surface area contributed by atoms with E-state index in [1.807, 2.05) is 0 Å². The van der Waals surface area contributed by atoms with Gasteiger partial charge >= 0.3 is 0 Å². The number of halogens is 1. The summed E-state index contributed by atoms with van der Waals surface area (Å²) in [5.74, 6) is 4.44. The zero-order chi connectivity index (χ0) is 20.8. The van der Waals surface area contributed by atoms with Crippen LogP contribution < -0.4 is 12.4 Å². The van der Waals surface area contributed by atoms with E-state index in [4.69, 9.17) is 0 Å². The molecule has 31 heavy (non-hydrogen) atoms. The third-order valence-electron chi connectivity index (χ3n) is 10.5. The molecule has 4 aliphatic heterocycles. The van der Waals surface area contributed by atoms with Crippen molar-refractivity contribution in [1.29, 1.82) is 0 Å². The number of fused-ring (bicyclic) bond motifs is 4. The third kappa shape index (κ3) is 6.94. The van der Waals surface area contributed by atoms with Crippen LogP contribution in [0.5, 0.6) is 0 Å². The molecule has 0 amide bonds. The van der Waals surface area contributed by atoms with Gasteiger partial charge in [0.05, 0.1) is 26.7 Å². The number of rotatable bonds is 11. The predicted molar refractivity (Wildman–Crippen MR) is 136 cm³/mol. The van der Waals surface area contributed by atoms with Gasteiger partial charge in [0, 0.05) is 0 Å². The molecule has 0 aromatic carbocycles. The first-order valence-electron chi connectivity index (χ1n) is 14.5. The lowest BCUT2D eigenvalue weighted by molar-refractivity contribution is -0.909. The van der Waals surface area contributed by atoms with Gasteiger partial charge in [-0.3, -0.25) is 0 Å². The van der Waals surface area contributed by atoms with Crippen LogP contribution in [-0.2, 0) is 0 Å². The maximum atomic E-state index is 2.62. The molecule has 0 aromatic heterocycles. The minimum atomic E-state index is 0. The van der Waals surface area contributed by atoms with Crippen LogP contribution in [0.3, 0.4) is 0 Å². The fourth-order valence-corrected chi connectivity index (χ4v) is 8.86. The van der Waals surface area contributed by atoms with E-state index in [-0.39, 0.29) is 12.4 Å². The first-order chi connectivity index (χ1) is 14.7. The van der Waals surface area contributed by atoms with Gasteiger partial charge in [0.15, 0.2) is 0 Å². The van der Waals surface area contributed by atoms with Gasteiger partial charge in [-0.05, 0) is 19.3 Å². The molecule has 4 heteroatoms. The van der Waals surface area contributed by atoms with Gasteiger partial charge < -0.3 is 16.9 Å². The van der Waals surface area contributed by atoms with E-state index in [1.165, 1.54) is 49.8 Å². The van der Waals surface area contributed by atoms with Crippen LogP contribution in [-0.4, -0.2) is 44.6 Å². The average molecular weight is 448 g/mol. The number of nitrogens with zero attached hydrogens (tertiary/aromatic N) is 1. The minimum absolute atomic E-state index is 0. The molecular weight excluding hydrogens is 395 g/mol. The van der Waals surface area contributed by atoms with E-state index in [0.717, 1.165) is 36.7 Å². The summed E-state index contributed by atoms with van der Waals surface area (Å²) >= 11 is 0. The van der Waals surface area contributed by atoms with Crippen LogP contribution >= 0.6 is 0 Å². The second kappa shape index (κ2) is 12.7. The Morgan fingerprint density at radius 2 is 0.903 bits per heavy atom. The van der Waals surface area contributed by atoms with Crippen molar-refractivity contribution in [2.24, 2.45) is 0 Å². The second-order valence-corrected chi connectivity index (χ2v) is 12.5. The molecule has 4 bridgehead atoms. The van der Waals surface area contributed by atoms with Gasteiger partial charge in [-0.1, -0.05) is 126 Å². The standard InChI is InChI=1S/C27H52B2N.ClH/c1-3-4-21-30(2,22-9-19-28-24-11-5-12-25(28)14-6-13-24)23-10-20-29-26-15-7-16-27(29)18-8-17-26;/h24-27H,3-23H2,1-2H3;1H/q+1;/p-1. The molecular formula is C27H52B2ClN. The average Bonchev–Trinajstić information content (AvgIpc) is 2.72. The van der Waals surface area contributed by atoms with E-state index >= 15 is 0 Å². The molecule has 4 aliphatic rings. The van der Waals surface area contributed by atoms with Crippen LogP contribution in [0.15, 0.2) is 0 Å². The summed E-state index contributed by atoms with van der Waals surface area (Å²) in [6.07, 6.45) is 27.6. The molecule has 0 radical (unpaired) electrons. The Labute approximate surface area is 202 Å². The summed E-state index contributed by atoms with van der Waals surface area (Å²) < 4.78 is 1.39. The van der Waals surface area contributed by atoms with Crippen LogP contribution in [0.2, 0.25) is 35.9 Å². The number of unbranched alkanes of at least 4 members (excludes halogenated alkanes) is 1. The summed E-state index contributed by atoms with van der Waals surface area (Å²) in [6.45, 7) is 8.96. The Bertz CT molecular complexity index is 433. The van der Waals surface area contributed by atoms with Gasteiger partial charge in [0.25, 0.3) is 0 Å². The van der Waals surface area contributed by atoms with Crippen molar-refractivity contribution in [3.05, 3.63) is 0 Å². The van der Waals surface area contributed by atoms with E-state index in [2.05, 4.69) is 14.0 Å². The quantitative estimate of drug-likeness (QED) is 0.301. The number of hydrogen-bond donors (Lipinski definition) is 0. The molecule has 4 saturated heterocycles. The van der Waals surface area contributed by atoms with Crippen LogP contribution in [0.25, 0.3) is 0 Å². The molecule has 0 aliphatic carbocycles. The number of hydrogen-bond acceptors (Lipinski definition) is 0. The van der Waals surface area contributed by atoms with Crippen molar-refractivity contribution in [2.45, 2.75) is 146 Å². The topological polar surface area (TPSA) is 0 Å². The zero-order valence-corrected chi connectivity index (χ0v) is 21.9. The fourth-order valence-electron chi connectivity index (χ4n) is 8.86. The molecule has 0 N–H and O–H groups in total. The Morgan fingerprint density at radius 1 is 0.581 bits per heavy atom. The molecule has 1 nitrogen and oxygen atoms in total. The van der Waals surface area contributed by atoms with Gasteiger partial charge in [0.2, 0.25) is 0 Å². The van der Waals surface area contributed by atoms with E-state index in [0.29, 0.717) is 0 Å². The van der Waals surface area contributed by atoms with Crippen LogP contribution in [0.4, 0.5) is 0 Å². The maximum absolute atomic E-state index is 2.62. The first-order valence-corrected chi connectivity index (χ1v) is 14.5. The maximum Gasteiger partial charge on any atom is 0.146 e. The fraction of sp³-hybridized carbons (Fsp3) is 1.00. The SMILES string of the molecule is CCCC[N+](C)(CCCB1C2CCCC1CCC2)CCCB1C2CCCC1CCC2.[Cl-]. The van der Waals surface area contributed by atoms with Crippen molar-refractivity contribution in [3.8, 4) is 0 Å². The molecule has 178 valence electrons. The Hall–Kier alpha value is 0.380. The summed E-state index contributed by atoms with van der Waals surface area (Å²) in [7, 11) is 2.62. The highest BCUT2D eigenvalue weighted by atomic mass is 35.5. The molecule has 4 rings (SSSR count). The Kier molecular flexibility index (Phi) is 10.7. The van der Waals surface area contributed by atoms with E-state index < -0.39 is 0 Å². The Balaban J connectivity index is 0.00000272. The van der Waals surface area contributed by atoms with Gasteiger partial charge in [-0.25, -0.2) is 0 Å². The van der Waals surface area contributed by atoms with Crippen LogP contribution in [0, 0.1) is 0 Å². The van der Waals surface area contributed by atoms with Crippen molar-refractivity contribution in [2.75, 3.05) is 26.7 Å². The summed E-state index contributed by atoms with van der Waals surface area (Å²) in [5.41, 5.74) is 0. The van der Waals surface area contributed by atoms with E-state index in [9.17, 15) is 0 Å². The van der Waals surface area contributed by atoms with Gasteiger partial charge in [0.1, 0.15) is 13.4 Å². The predicted octanol–water partition coefficient (Wildman–Crippen LogP) is 5.22. The minimum Gasteiger partial charge on any atom is -1.00 e. The van der Waals surface area contributed by atoms with Crippen molar-refractivity contribution >= 4 is 13.4 Å². The van der Waals surface area contributed by atoms with Crippen molar-refractivity contribution in [1.82, 2.24) is 0 Å². The van der Waals surface area contributed by atoms with Gasteiger partial charge in [-0.15, -0.1) is 0 Å². The highest BCUT2D eigenvalue weighted by Gasteiger charge is 2.40. The molecule has 0 spiro atoms. The molecule has 0 atom stereocenters. The summed E-state index contributed by atoms with van der Waals surface area (Å²) in [6, 6.07) is 0. The molecule has 0 aromatic rings. The first kappa shape index (κ1) is 26.0. The normalized spacial score (nSPS) is 32.3. The number of quaternary nitrogens is 1.